The monoisotopic (exact) mass is 533 g/mol. The van der Waals surface area contributed by atoms with Gasteiger partial charge in [0.2, 0.25) is 6.71 Å². The van der Waals surface area contributed by atoms with E-state index in [0.29, 0.717) is 13.1 Å². The number of hydrogen-bond donors (Lipinski definition) is 2. The summed E-state index contributed by atoms with van der Waals surface area (Å²) in [5.41, 5.74) is 14.3. The second kappa shape index (κ2) is 13.1. The van der Waals surface area contributed by atoms with E-state index in [-0.39, 0.29) is 19.9 Å². The minimum Gasteiger partial charge on any atom is -0.395 e. The number of anilines is 1. The van der Waals surface area contributed by atoms with Gasteiger partial charge in [0, 0.05) is 18.8 Å². The highest BCUT2D eigenvalue weighted by atomic mass is 16.3. The van der Waals surface area contributed by atoms with Crippen molar-refractivity contribution < 1.29 is 10.2 Å². The fraction of sp³-hybridized carbons (Fsp3) is 0.294. The minimum atomic E-state index is 0.0322. The van der Waals surface area contributed by atoms with Crippen molar-refractivity contribution in [3.05, 3.63) is 106 Å². The molecule has 0 bridgehead atoms. The van der Waals surface area contributed by atoms with Crippen LogP contribution in [0.1, 0.15) is 33.4 Å². The van der Waals surface area contributed by atoms with Crippen LogP contribution < -0.4 is 21.3 Å². The number of hydrogen-bond acceptors (Lipinski definition) is 5. The van der Waals surface area contributed by atoms with E-state index in [0.717, 1.165) is 17.1 Å². The zero-order chi connectivity index (χ0) is 28.8. The Kier molecular flexibility index (Phi) is 9.56. The highest BCUT2D eigenvalue weighted by molar-refractivity contribution is 6.96. The molecule has 40 heavy (non-hydrogen) atoms. The van der Waals surface area contributed by atoms with Gasteiger partial charge in [0.1, 0.15) is 0 Å². The lowest BCUT2D eigenvalue weighted by Gasteiger charge is -2.24. The fourth-order valence-corrected chi connectivity index (χ4v) is 5.96. The van der Waals surface area contributed by atoms with E-state index in [1.165, 1.54) is 49.8 Å². The molecule has 0 radical (unpaired) electrons. The van der Waals surface area contributed by atoms with Crippen LogP contribution in [-0.2, 0) is 0 Å². The molecule has 6 heteroatoms. The van der Waals surface area contributed by atoms with Crippen molar-refractivity contribution in [2.45, 2.75) is 41.5 Å². The molecule has 0 aromatic heterocycles. The lowest BCUT2D eigenvalue weighted by Crippen LogP contribution is -2.55. The molecule has 0 heterocycles. The maximum absolute atomic E-state index is 9.29. The Bertz CT molecular complexity index is 1370. The first-order chi connectivity index (χ1) is 19.2. The molecule has 4 rings (SSSR count). The van der Waals surface area contributed by atoms with E-state index < -0.39 is 0 Å². The summed E-state index contributed by atoms with van der Waals surface area (Å²) in [6.45, 7) is 14.3. The molecular formula is C34H40BN3O2. The van der Waals surface area contributed by atoms with Gasteiger partial charge in [-0.05, 0) is 77.9 Å². The zero-order valence-corrected chi connectivity index (χ0v) is 24.6. The quantitative estimate of drug-likeness (QED) is 0.216. The molecule has 0 fully saturated rings. The molecule has 0 atom stereocenters. The maximum atomic E-state index is 9.29. The van der Waals surface area contributed by atoms with Crippen molar-refractivity contribution in [3.63, 3.8) is 0 Å². The van der Waals surface area contributed by atoms with E-state index in [4.69, 9.17) is 0 Å². The van der Waals surface area contributed by atoms with Crippen molar-refractivity contribution in [2.75, 3.05) is 31.2 Å². The predicted octanol–water partition coefficient (Wildman–Crippen LogP) is 5.26. The highest BCUT2D eigenvalue weighted by Gasteiger charge is 2.28. The molecule has 0 saturated carbocycles. The maximum Gasteiger partial charge on any atom is 0.242 e. The summed E-state index contributed by atoms with van der Waals surface area (Å²) < 4.78 is 0. The van der Waals surface area contributed by atoms with Gasteiger partial charge in [0.15, 0.2) is 0 Å². The molecule has 0 spiro atoms. The van der Waals surface area contributed by atoms with Crippen molar-refractivity contribution in [3.8, 4) is 0 Å². The Morgan fingerprint density at radius 3 is 1.32 bits per heavy atom. The molecule has 0 amide bonds. The van der Waals surface area contributed by atoms with Crippen LogP contribution >= 0.6 is 0 Å². The van der Waals surface area contributed by atoms with E-state index in [1.807, 2.05) is 41.3 Å². The molecule has 4 aromatic rings. The van der Waals surface area contributed by atoms with Crippen molar-refractivity contribution in [1.82, 2.24) is 0 Å². The Morgan fingerprint density at radius 2 is 0.950 bits per heavy atom. The van der Waals surface area contributed by atoms with Crippen molar-refractivity contribution in [1.29, 1.82) is 0 Å². The van der Waals surface area contributed by atoms with Crippen molar-refractivity contribution >= 4 is 40.2 Å². The number of benzene rings is 4. The summed E-state index contributed by atoms with van der Waals surface area (Å²) >= 11 is 0. The third-order valence-corrected chi connectivity index (χ3v) is 7.52. The number of rotatable bonds is 10. The number of nitrogens with zero attached hydrogens (tertiary/aromatic N) is 3. The Labute approximate surface area is 239 Å². The van der Waals surface area contributed by atoms with Crippen LogP contribution in [0, 0.1) is 41.5 Å². The Hall–Kier alpha value is -3.74. The summed E-state index contributed by atoms with van der Waals surface area (Å²) in [7, 11) is 0. The second-order valence-corrected chi connectivity index (χ2v) is 10.8. The Morgan fingerprint density at radius 1 is 0.575 bits per heavy atom. The standard InChI is InChI=1S/C34H40BN3O2/c1-23-19-25(3)33(26(4)20-23)35(34-27(5)21-24(2)22-28(34)6)29-7-9-30(10-8-29)36-37-31-11-13-32(14-12-31)38(15-17-39)16-18-40/h7-14,19-22,39-40H,15-18H2,1-6H3. The van der Waals surface area contributed by atoms with Crippen LogP contribution in [0.25, 0.3) is 0 Å². The van der Waals surface area contributed by atoms with Gasteiger partial charge >= 0.3 is 0 Å². The third kappa shape index (κ3) is 6.69. The molecule has 2 N–H and O–H groups in total. The average molecular weight is 534 g/mol. The van der Waals surface area contributed by atoms with Gasteiger partial charge in [0.05, 0.1) is 24.6 Å². The summed E-state index contributed by atoms with van der Waals surface area (Å²) in [6.07, 6.45) is 0. The predicted molar refractivity (Wildman–Crippen MR) is 169 cm³/mol. The van der Waals surface area contributed by atoms with Crippen LogP contribution in [-0.4, -0.2) is 43.2 Å². The summed E-state index contributed by atoms with van der Waals surface area (Å²) in [6, 6.07) is 25.3. The number of azo groups is 1. The molecule has 206 valence electrons. The largest absolute Gasteiger partial charge is 0.395 e. The minimum absolute atomic E-state index is 0.0322. The van der Waals surface area contributed by atoms with E-state index >= 15 is 0 Å². The number of aliphatic hydroxyl groups excluding tert-OH is 2. The summed E-state index contributed by atoms with van der Waals surface area (Å²) in [5.74, 6) is 0. The highest BCUT2D eigenvalue weighted by Crippen LogP contribution is 2.22. The first-order valence-electron chi connectivity index (χ1n) is 14.0. The molecule has 5 nitrogen and oxygen atoms in total. The first-order valence-corrected chi connectivity index (χ1v) is 14.0. The van der Waals surface area contributed by atoms with Gasteiger partial charge in [-0.1, -0.05) is 86.2 Å². The SMILES string of the molecule is Cc1cc(C)c(B(c2ccc(N=Nc3ccc(N(CCO)CCO)cc3)cc2)c2c(C)cc(C)cc2C)c(C)c1. The van der Waals surface area contributed by atoms with Gasteiger partial charge in [-0.25, -0.2) is 0 Å². The van der Waals surface area contributed by atoms with Crippen LogP contribution in [0.15, 0.2) is 83.0 Å². The van der Waals surface area contributed by atoms with E-state index in [9.17, 15) is 10.2 Å². The molecule has 0 unspecified atom stereocenters. The van der Waals surface area contributed by atoms with E-state index in [1.54, 1.807) is 0 Å². The van der Waals surface area contributed by atoms with Gasteiger partial charge in [-0.2, -0.15) is 10.2 Å². The number of aryl methyl sites for hydroxylation is 6. The summed E-state index contributed by atoms with van der Waals surface area (Å²) in [4.78, 5) is 1.94. The normalized spacial score (nSPS) is 11.3. The topological polar surface area (TPSA) is 68.4 Å². The zero-order valence-electron chi connectivity index (χ0n) is 24.6. The molecule has 4 aromatic carbocycles. The summed E-state index contributed by atoms with van der Waals surface area (Å²) in [5, 5.41) is 27.5. The average Bonchev–Trinajstić information content (AvgIpc) is 2.90. The van der Waals surface area contributed by atoms with Gasteiger partial charge in [0.25, 0.3) is 0 Å². The molecule has 0 aliphatic heterocycles. The van der Waals surface area contributed by atoms with Crippen LogP contribution in [0.5, 0.6) is 0 Å². The Balaban J connectivity index is 1.66. The van der Waals surface area contributed by atoms with Gasteiger partial charge in [-0.15, -0.1) is 0 Å². The van der Waals surface area contributed by atoms with Crippen molar-refractivity contribution in [2.24, 2.45) is 10.2 Å². The lowest BCUT2D eigenvalue weighted by molar-refractivity contribution is 0.281. The smallest absolute Gasteiger partial charge is 0.242 e. The molecular weight excluding hydrogens is 493 g/mol. The number of aliphatic hydroxyl groups is 2. The molecule has 0 aliphatic carbocycles. The fourth-order valence-electron chi connectivity index (χ4n) is 5.96. The van der Waals surface area contributed by atoms with Crippen LogP contribution in [0.2, 0.25) is 0 Å². The second-order valence-electron chi connectivity index (χ2n) is 10.8. The van der Waals surface area contributed by atoms with Crippen LogP contribution in [0.3, 0.4) is 0 Å². The molecule has 0 saturated heterocycles. The van der Waals surface area contributed by atoms with Crippen LogP contribution in [0.4, 0.5) is 17.1 Å². The lowest BCUT2D eigenvalue weighted by atomic mass is 9.34. The first kappa shape index (κ1) is 29.3. The van der Waals surface area contributed by atoms with Gasteiger partial charge in [-0.3, -0.25) is 0 Å². The van der Waals surface area contributed by atoms with E-state index in [2.05, 4.69) is 88.2 Å². The van der Waals surface area contributed by atoms with Gasteiger partial charge < -0.3 is 15.1 Å². The molecule has 0 aliphatic rings. The third-order valence-electron chi connectivity index (χ3n) is 7.52.